The second-order valence-electron chi connectivity index (χ2n) is 4.57. The zero-order chi connectivity index (χ0) is 14.9. The molecule has 0 unspecified atom stereocenters. The quantitative estimate of drug-likeness (QED) is 0.845. The van der Waals surface area contributed by atoms with E-state index in [0.717, 1.165) is 0 Å². The van der Waals surface area contributed by atoms with Crippen LogP contribution in [-0.2, 0) is 14.8 Å². The number of fused-ring (bicyclic) bond motifs is 1. The van der Waals surface area contributed by atoms with Gasteiger partial charge in [-0.2, -0.15) is 5.10 Å². The number of carboxylic acids is 1. The molecule has 0 spiro atoms. The van der Waals surface area contributed by atoms with Gasteiger partial charge in [-0.1, -0.05) is 0 Å². The summed E-state index contributed by atoms with van der Waals surface area (Å²) in [4.78, 5) is 14.6. The van der Waals surface area contributed by atoms with Crippen molar-refractivity contribution in [2.75, 3.05) is 10.5 Å². The van der Waals surface area contributed by atoms with Gasteiger partial charge in [-0.3, -0.25) is 9.52 Å². The molecule has 0 atom stereocenters. The molecule has 2 aromatic heterocycles. The largest absolute Gasteiger partial charge is 0.480 e. The molecule has 0 radical (unpaired) electrons. The fourth-order valence-corrected chi connectivity index (χ4v) is 2.62. The summed E-state index contributed by atoms with van der Waals surface area (Å²) in [6, 6.07) is 1.70. The number of aliphatic carboxylic acids is 1. The third kappa shape index (κ3) is 3.05. The van der Waals surface area contributed by atoms with E-state index < -0.39 is 21.7 Å². The summed E-state index contributed by atoms with van der Waals surface area (Å²) in [6.07, 6.45) is 2.92. The van der Waals surface area contributed by atoms with Crippen molar-refractivity contribution in [1.82, 2.24) is 14.8 Å². The number of nitrogens with zero attached hydrogens (tertiary/aromatic N) is 3. The van der Waals surface area contributed by atoms with E-state index >= 15 is 0 Å². The van der Waals surface area contributed by atoms with E-state index in [1.807, 2.05) is 13.8 Å². The van der Waals surface area contributed by atoms with Crippen LogP contribution >= 0.6 is 0 Å². The van der Waals surface area contributed by atoms with Gasteiger partial charge in [0.2, 0.25) is 10.0 Å². The van der Waals surface area contributed by atoms with Crippen LogP contribution in [0.15, 0.2) is 18.5 Å². The molecule has 2 N–H and O–H groups in total. The fourth-order valence-electron chi connectivity index (χ4n) is 1.75. The Kier molecular flexibility index (Phi) is 3.62. The minimum atomic E-state index is -3.93. The van der Waals surface area contributed by atoms with Crippen molar-refractivity contribution in [3.05, 3.63) is 18.5 Å². The third-order valence-electron chi connectivity index (χ3n) is 2.51. The molecule has 108 valence electrons. The summed E-state index contributed by atoms with van der Waals surface area (Å²) in [7, 11) is -3.93. The molecule has 0 fully saturated rings. The normalized spacial score (nSPS) is 11.9. The number of pyridine rings is 1. The molecule has 0 amide bonds. The number of nitrogens with one attached hydrogen (secondary N) is 1. The van der Waals surface area contributed by atoms with Crippen LogP contribution in [0.5, 0.6) is 0 Å². The molecule has 20 heavy (non-hydrogen) atoms. The molecule has 0 aliphatic heterocycles. The Morgan fingerprint density at radius 2 is 2.15 bits per heavy atom. The zero-order valence-corrected chi connectivity index (χ0v) is 11.8. The van der Waals surface area contributed by atoms with Gasteiger partial charge in [0.05, 0.1) is 18.1 Å². The lowest BCUT2D eigenvalue weighted by Gasteiger charge is -2.08. The van der Waals surface area contributed by atoms with E-state index in [0.29, 0.717) is 11.0 Å². The Labute approximate surface area is 115 Å². The van der Waals surface area contributed by atoms with Crippen molar-refractivity contribution in [3.8, 4) is 0 Å². The Morgan fingerprint density at radius 3 is 2.75 bits per heavy atom. The fraction of sp³-hybridized carbons (Fsp3) is 0.364. The highest BCUT2D eigenvalue weighted by Gasteiger charge is 2.16. The molecule has 0 bridgehead atoms. The van der Waals surface area contributed by atoms with Crippen molar-refractivity contribution in [1.29, 1.82) is 0 Å². The predicted octanol–water partition coefficient (Wildman–Crippen LogP) is 0.838. The number of aromatic nitrogens is 3. The average Bonchev–Trinajstić information content (AvgIpc) is 2.69. The van der Waals surface area contributed by atoms with Crippen LogP contribution in [0.2, 0.25) is 0 Å². The van der Waals surface area contributed by atoms with Gasteiger partial charge < -0.3 is 5.11 Å². The lowest BCUT2D eigenvalue weighted by molar-refractivity contribution is -0.134. The second kappa shape index (κ2) is 5.08. The van der Waals surface area contributed by atoms with Gasteiger partial charge in [0.25, 0.3) is 0 Å². The Bertz CT molecular complexity index is 751. The first kappa shape index (κ1) is 14.3. The molecular formula is C11H14N4O4S. The zero-order valence-electron chi connectivity index (χ0n) is 10.9. The van der Waals surface area contributed by atoms with Crippen LogP contribution in [0.1, 0.15) is 19.9 Å². The van der Waals surface area contributed by atoms with E-state index in [-0.39, 0.29) is 11.7 Å². The second-order valence-corrected chi connectivity index (χ2v) is 6.30. The lowest BCUT2D eigenvalue weighted by atomic mass is 10.3. The van der Waals surface area contributed by atoms with Crippen molar-refractivity contribution < 1.29 is 18.3 Å². The first-order valence-electron chi connectivity index (χ1n) is 5.84. The number of hydrogen-bond donors (Lipinski definition) is 2. The van der Waals surface area contributed by atoms with Crippen molar-refractivity contribution in [2.24, 2.45) is 0 Å². The number of anilines is 1. The standard InChI is InChI=1S/C11H14N4O4S/c1-7(2)15-11-8(4-13-15)3-9(5-12-11)14-20(18,19)6-10(16)17/h3-5,7,14H,6H2,1-2H3,(H,16,17). The highest BCUT2D eigenvalue weighted by Crippen LogP contribution is 2.19. The number of rotatable bonds is 5. The Morgan fingerprint density at radius 1 is 1.45 bits per heavy atom. The maximum absolute atomic E-state index is 11.5. The monoisotopic (exact) mass is 298 g/mol. The minimum absolute atomic E-state index is 0.134. The van der Waals surface area contributed by atoms with E-state index in [1.54, 1.807) is 16.9 Å². The van der Waals surface area contributed by atoms with Crippen molar-refractivity contribution in [3.63, 3.8) is 0 Å². The molecule has 0 aliphatic rings. The molecule has 0 saturated carbocycles. The van der Waals surface area contributed by atoms with Crippen LogP contribution < -0.4 is 4.72 Å². The van der Waals surface area contributed by atoms with Crippen LogP contribution in [0.4, 0.5) is 5.69 Å². The molecule has 0 saturated heterocycles. The molecule has 2 heterocycles. The summed E-state index contributed by atoms with van der Waals surface area (Å²) in [5.74, 6) is -2.41. The van der Waals surface area contributed by atoms with Crippen molar-refractivity contribution in [2.45, 2.75) is 19.9 Å². The van der Waals surface area contributed by atoms with Crippen LogP contribution in [-0.4, -0.2) is 40.0 Å². The van der Waals surface area contributed by atoms with Gasteiger partial charge in [0.15, 0.2) is 11.4 Å². The summed E-state index contributed by atoms with van der Waals surface area (Å²) in [5.41, 5.74) is 0.850. The number of hydrogen-bond acceptors (Lipinski definition) is 5. The Balaban J connectivity index is 2.32. The van der Waals surface area contributed by atoms with Gasteiger partial charge in [-0.05, 0) is 19.9 Å². The van der Waals surface area contributed by atoms with E-state index in [9.17, 15) is 13.2 Å². The van der Waals surface area contributed by atoms with Gasteiger partial charge in [0.1, 0.15) is 0 Å². The predicted molar refractivity (Wildman–Crippen MR) is 73.0 cm³/mol. The summed E-state index contributed by atoms with van der Waals surface area (Å²) in [5, 5.41) is 13.4. The Hall–Kier alpha value is -2.16. The van der Waals surface area contributed by atoms with E-state index in [1.165, 1.54) is 6.20 Å². The van der Waals surface area contributed by atoms with Gasteiger partial charge >= 0.3 is 5.97 Å². The summed E-state index contributed by atoms with van der Waals surface area (Å²) < 4.78 is 26.9. The molecule has 0 aliphatic carbocycles. The highest BCUT2D eigenvalue weighted by molar-refractivity contribution is 7.93. The number of carboxylic acid groups (broad SMARTS) is 1. The van der Waals surface area contributed by atoms with E-state index in [4.69, 9.17) is 5.11 Å². The van der Waals surface area contributed by atoms with Gasteiger partial charge in [0, 0.05) is 11.4 Å². The number of sulfonamides is 1. The van der Waals surface area contributed by atoms with Crippen LogP contribution in [0, 0.1) is 0 Å². The summed E-state index contributed by atoms with van der Waals surface area (Å²) in [6.45, 7) is 3.91. The van der Waals surface area contributed by atoms with E-state index in [2.05, 4.69) is 14.8 Å². The lowest BCUT2D eigenvalue weighted by Crippen LogP contribution is -2.22. The SMILES string of the molecule is CC(C)n1ncc2cc(NS(=O)(=O)CC(=O)O)cnc21. The molecule has 2 aromatic rings. The van der Waals surface area contributed by atoms with Crippen LogP contribution in [0.25, 0.3) is 11.0 Å². The highest BCUT2D eigenvalue weighted by atomic mass is 32.2. The number of carbonyl (C=O) groups is 1. The summed E-state index contributed by atoms with van der Waals surface area (Å²) >= 11 is 0. The molecular weight excluding hydrogens is 284 g/mol. The molecule has 8 nitrogen and oxygen atoms in total. The maximum Gasteiger partial charge on any atom is 0.320 e. The minimum Gasteiger partial charge on any atom is -0.480 e. The third-order valence-corrected chi connectivity index (χ3v) is 3.68. The maximum atomic E-state index is 11.5. The van der Waals surface area contributed by atoms with Crippen LogP contribution in [0.3, 0.4) is 0 Å². The van der Waals surface area contributed by atoms with Gasteiger partial charge in [-0.25, -0.2) is 18.1 Å². The molecule has 2 rings (SSSR count). The average molecular weight is 298 g/mol. The topological polar surface area (TPSA) is 114 Å². The van der Waals surface area contributed by atoms with Gasteiger partial charge in [-0.15, -0.1) is 0 Å². The first-order chi connectivity index (χ1) is 9.28. The first-order valence-corrected chi connectivity index (χ1v) is 7.49. The molecule has 9 heteroatoms. The smallest absolute Gasteiger partial charge is 0.320 e. The van der Waals surface area contributed by atoms with Crippen molar-refractivity contribution >= 4 is 32.7 Å². The molecule has 0 aromatic carbocycles.